The minimum atomic E-state index is -0.00730. The molecule has 0 saturated carbocycles. The number of carbonyl (C=O) groups is 1. The summed E-state index contributed by atoms with van der Waals surface area (Å²) in [6, 6.07) is 12.6. The average Bonchev–Trinajstić information content (AvgIpc) is 3.10. The lowest BCUT2D eigenvalue weighted by atomic mass is 9.86. The summed E-state index contributed by atoms with van der Waals surface area (Å²) in [6.45, 7) is 8.15. The van der Waals surface area contributed by atoms with E-state index in [1.807, 2.05) is 18.0 Å². The molecule has 26 heavy (non-hydrogen) atoms. The van der Waals surface area contributed by atoms with E-state index in [-0.39, 0.29) is 23.7 Å². The van der Waals surface area contributed by atoms with Crippen molar-refractivity contribution in [1.82, 2.24) is 10.2 Å². The number of nitrogens with zero attached hydrogens (tertiary/aromatic N) is 1. The van der Waals surface area contributed by atoms with Gasteiger partial charge < -0.3 is 14.6 Å². The summed E-state index contributed by atoms with van der Waals surface area (Å²) in [6.07, 6.45) is 1.98. The van der Waals surface area contributed by atoms with Gasteiger partial charge in [0.25, 0.3) is 5.91 Å². The van der Waals surface area contributed by atoms with Gasteiger partial charge in [0.2, 0.25) is 0 Å². The molecule has 0 aliphatic carbocycles. The molecule has 0 bridgehead atoms. The average molecular weight is 377 g/mol. The number of hydrogen-bond acceptors (Lipinski definition) is 3. The highest BCUT2D eigenvalue weighted by Gasteiger charge is 2.25. The van der Waals surface area contributed by atoms with Crippen molar-refractivity contribution < 1.29 is 9.21 Å². The van der Waals surface area contributed by atoms with E-state index in [2.05, 4.69) is 50.4 Å². The van der Waals surface area contributed by atoms with Crippen LogP contribution in [0.4, 0.5) is 0 Å². The number of rotatable bonds is 3. The van der Waals surface area contributed by atoms with E-state index < -0.39 is 0 Å². The van der Waals surface area contributed by atoms with Gasteiger partial charge in [-0.05, 0) is 43.0 Å². The highest BCUT2D eigenvalue weighted by molar-refractivity contribution is 5.92. The van der Waals surface area contributed by atoms with Gasteiger partial charge in [-0.25, -0.2) is 0 Å². The van der Waals surface area contributed by atoms with E-state index in [0.717, 1.165) is 37.3 Å². The van der Waals surface area contributed by atoms with Gasteiger partial charge in [0, 0.05) is 24.7 Å². The van der Waals surface area contributed by atoms with Crippen LogP contribution >= 0.6 is 12.4 Å². The van der Waals surface area contributed by atoms with Gasteiger partial charge in [0.1, 0.15) is 5.76 Å². The molecule has 2 aromatic rings. The minimum Gasteiger partial charge on any atom is -0.451 e. The molecule has 1 saturated heterocycles. The van der Waals surface area contributed by atoms with Gasteiger partial charge in [-0.3, -0.25) is 4.79 Å². The number of benzene rings is 1. The minimum absolute atomic E-state index is 0. The second kappa shape index (κ2) is 8.28. The number of nitrogens with one attached hydrogen (secondary N) is 1. The van der Waals surface area contributed by atoms with Crippen LogP contribution in [0, 0.1) is 0 Å². The van der Waals surface area contributed by atoms with Gasteiger partial charge in [0.05, 0.1) is 0 Å². The first kappa shape index (κ1) is 20.5. The van der Waals surface area contributed by atoms with Gasteiger partial charge in [0.15, 0.2) is 5.76 Å². The Labute approximate surface area is 162 Å². The molecule has 5 heteroatoms. The number of carbonyl (C=O) groups excluding carboxylic acids is 1. The summed E-state index contributed by atoms with van der Waals surface area (Å²) in [7, 11) is 1.98. The smallest absolute Gasteiger partial charge is 0.289 e. The third kappa shape index (κ3) is 4.49. The first-order valence-corrected chi connectivity index (χ1v) is 9.06. The van der Waals surface area contributed by atoms with E-state index in [1.165, 1.54) is 5.56 Å². The monoisotopic (exact) mass is 376 g/mol. The maximum atomic E-state index is 12.6. The molecule has 142 valence electrons. The van der Waals surface area contributed by atoms with Crippen molar-refractivity contribution in [1.29, 1.82) is 0 Å². The van der Waals surface area contributed by atoms with Crippen LogP contribution in [0.3, 0.4) is 0 Å². The Bertz CT molecular complexity index is 723. The van der Waals surface area contributed by atoms with Gasteiger partial charge in [-0.2, -0.15) is 0 Å². The first-order chi connectivity index (χ1) is 11.9. The highest BCUT2D eigenvalue weighted by Crippen LogP contribution is 2.28. The predicted octanol–water partition coefficient (Wildman–Crippen LogP) is 4.49. The number of halogens is 1. The number of furan rings is 1. The molecule has 0 spiro atoms. The van der Waals surface area contributed by atoms with Crippen molar-refractivity contribution in [3.63, 3.8) is 0 Å². The maximum Gasteiger partial charge on any atom is 0.289 e. The fourth-order valence-corrected chi connectivity index (χ4v) is 3.27. The van der Waals surface area contributed by atoms with Crippen LogP contribution in [-0.4, -0.2) is 37.0 Å². The Morgan fingerprint density at radius 2 is 1.69 bits per heavy atom. The summed E-state index contributed by atoms with van der Waals surface area (Å²) < 4.78 is 5.86. The summed E-state index contributed by atoms with van der Waals surface area (Å²) in [4.78, 5) is 14.5. The maximum absolute atomic E-state index is 12.6. The number of amides is 1. The van der Waals surface area contributed by atoms with Crippen LogP contribution in [-0.2, 0) is 5.41 Å². The Hall–Kier alpha value is -1.78. The fraction of sp³-hybridized carbons (Fsp3) is 0.476. The summed E-state index contributed by atoms with van der Waals surface area (Å²) in [5, 5.41) is 3.28. The molecule has 4 nitrogen and oxygen atoms in total. The quantitative estimate of drug-likeness (QED) is 0.858. The molecule has 1 N–H and O–H groups in total. The molecule has 1 amide bonds. The Morgan fingerprint density at radius 3 is 2.23 bits per heavy atom. The van der Waals surface area contributed by atoms with Crippen molar-refractivity contribution in [2.24, 2.45) is 0 Å². The number of likely N-dealkylation sites (tertiary alicyclic amines) is 1. The summed E-state index contributed by atoms with van der Waals surface area (Å²) in [5.41, 5.74) is 2.41. The van der Waals surface area contributed by atoms with Crippen LogP contribution in [0.25, 0.3) is 11.3 Å². The van der Waals surface area contributed by atoms with E-state index in [1.54, 1.807) is 6.07 Å². The zero-order valence-corrected chi connectivity index (χ0v) is 16.9. The zero-order chi connectivity index (χ0) is 18.0. The lowest BCUT2D eigenvalue weighted by molar-refractivity contribution is 0.0676. The van der Waals surface area contributed by atoms with Crippen LogP contribution in [0.5, 0.6) is 0 Å². The van der Waals surface area contributed by atoms with Crippen molar-refractivity contribution in [2.75, 3.05) is 20.1 Å². The van der Waals surface area contributed by atoms with Gasteiger partial charge in [-0.1, -0.05) is 45.0 Å². The molecular formula is C21H29ClN2O2. The summed E-state index contributed by atoms with van der Waals surface area (Å²) in [5.74, 6) is 1.17. The molecule has 1 aliphatic heterocycles. The SMILES string of the molecule is CNC1CCN(C(=O)c2ccc(-c3ccc(C(C)(C)C)cc3)o2)CC1.Cl. The Morgan fingerprint density at radius 1 is 1.08 bits per heavy atom. The van der Waals surface area contributed by atoms with Crippen molar-refractivity contribution >= 4 is 18.3 Å². The normalized spacial score (nSPS) is 15.6. The Kier molecular flexibility index (Phi) is 6.53. The van der Waals surface area contributed by atoms with Gasteiger partial charge in [-0.15, -0.1) is 12.4 Å². The predicted molar refractivity (Wildman–Crippen MR) is 108 cm³/mol. The van der Waals surface area contributed by atoms with Crippen LogP contribution in [0.1, 0.15) is 49.7 Å². The largest absolute Gasteiger partial charge is 0.451 e. The second-order valence-corrected chi connectivity index (χ2v) is 7.85. The highest BCUT2D eigenvalue weighted by atomic mass is 35.5. The fourth-order valence-electron chi connectivity index (χ4n) is 3.27. The molecule has 3 rings (SSSR count). The van der Waals surface area contributed by atoms with E-state index in [4.69, 9.17) is 4.42 Å². The lowest BCUT2D eigenvalue weighted by Crippen LogP contribution is -2.43. The van der Waals surface area contributed by atoms with Crippen molar-refractivity contribution in [3.05, 3.63) is 47.7 Å². The second-order valence-electron chi connectivity index (χ2n) is 7.85. The molecule has 1 aromatic heterocycles. The number of hydrogen-bond donors (Lipinski definition) is 1. The zero-order valence-electron chi connectivity index (χ0n) is 16.0. The van der Waals surface area contributed by atoms with Crippen LogP contribution < -0.4 is 5.32 Å². The van der Waals surface area contributed by atoms with Crippen molar-refractivity contribution in [2.45, 2.75) is 45.1 Å². The number of piperidine rings is 1. The Balaban J connectivity index is 0.00000243. The van der Waals surface area contributed by atoms with Crippen LogP contribution in [0.2, 0.25) is 0 Å². The van der Waals surface area contributed by atoms with E-state index >= 15 is 0 Å². The molecule has 0 radical (unpaired) electrons. The molecule has 1 fully saturated rings. The molecule has 1 aromatic carbocycles. The molecule has 2 heterocycles. The summed E-state index contributed by atoms with van der Waals surface area (Å²) >= 11 is 0. The van der Waals surface area contributed by atoms with Crippen molar-refractivity contribution in [3.8, 4) is 11.3 Å². The topological polar surface area (TPSA) is 45.5 Å². The molecule has 1 aliphatic rings. The van der Waals surface area contributed by atoms with Gasteiger partial charge >= 0.3 is 0 Å². The standard InChI is InChI=1S/C21H28N2O2.ClH/c1-21(2,3)16-7-5-15(6-8-16)18-9-10-19(25-18)20(24)23-13-11-17(22-4)12-14-23;/h5-10,17,22H,11-14H2,1-4H3;1H. The third-order valence-electron chi connectivity index (χ3n) is 5.04. The molecular weight excluding hydrogens is 348 g/mol. The van der Waals surface area contributed by atoms with Crippen LogP contribution in [0.15, 0.2) is 40.8 Å². The first-order valence-electron chi connectivity index (χ1n) is 9.06. The van der Waals surface area contributed by atoms with E-state index in [9.17, 15) is 4.79 Å². The molecule has 0 unspecified atom stereocenters. The lowest BCUT2D eigenvalue weighted by Gasteiger charge is -2.31. The van der Waals surface area contributed by atoms with E-state index in [0.29, 0.717) is 11.8 Å². The molecule has 0 atom stereocenters. The third-order valence-corrected chi connectivity index (χ3v) is 5.04.